The molecular weight excluding hydrogens is 286 g/mol. The number of hydrogen-bond acceptors (Lipinski definition) is 3. The van der Waals surface area contributed by atoms with Crippen LogP contribution in [0.4, 0.5) is 0 Å². The van der Waals surface area contributed by atoms with E-state index in [4.69, 9.17) is 5.73 Å². The Labute approximate surface area is 138 Å². The molecule has 0 fully saturated rings. The van der Waals surface area contributed by atoms with E-state index in [9.17, 15) is 10.2 Å². The molecule has 0 bridgehead atoms. The van der Waals surface area contributed by atoms with Crippen molar-refractivity contribution >= 4 is 12.4 Å². The van der Waals surface area contributed by atoms with Crippen LogP contribution in [-0.2, 0) is 0 Å². The van der Waals surface area contributed by atoms with Crippen molar-refractivity contribution in [1.29, 1.82) is 0 Å². The van der Waals surface area contributed by atoms with Gasteiger partial charge in [-0.05, 0) is 20.3 Å². The second-order valence-electron chi connectivity index (χ2n) is 6.40. The van der Waals surface area contributed by atoms with Gasteiger partial charge in [0.15, 0.2) is 0 Å². The molecule has 0 aliphatic heterocycles. The van der Waals surface area contributed by atoms with Gasteiger partial charge in [-0.2, -0.15) is 0 Å². The molecule has 0 aromatic heterocycles. The van der Waals surface area contributed by atoms with Gasteiger partial charge >= 0.3 is 0 Å². The number of unbranched alkanes of at least 4 members (excludes halogenated alkanes) is 9. The molecule has 0 aliphatic carbocycles. The van der Waals surface area contributed by atoms with Gasteiger partial charge in [-0.1, -0.05) is 71.1 Å². The van der Waals surface area contributed by atoms with Crippen molar-refractivity contribution in [1.82, 2.24) is 0 Å². The maximum absolute atomic E-state index is 9.70. The standard InChI is InChI=1S/C17H37NO2.ClH/c1-4-5-6-7-8-9-10-11-12-13-14-17(18,15(2)19)16(3)20;/h15-16,19-20H,4-14,18H2,1-3H3;1H. The van der Waals surface area contributed by atoms with Crippen LogP contribution < -0.4 is 5.73 Å². The first-order valence-electron chi connectivity index (χ1n) is 8.60. The van der Waals surface area contributed by atoms with Gasteiger partial charge in [0.1, 0.15) is 0 Å². The van der Waals surface area contributed by atoms with Crippen molar-refractivity contribution < 1.29 is 10.2 Å². The maximum atomic E-state index is 9.70. The zero-order valence-electron chi connectivity index (χ0n) is 14.3. The molecule has 2 unspecified atom stereocenters. The molecule has 4 N–H and O–H groups in total. The summed E-state index contributed by atoms with van der Waals surface area (Å²) in [5.74, 6) is 0. The van der Waals surface area contributed by atoms with E-state index in [1.165, 1.54) is 51.4 Å². The molecule has 0 spiro atoms. The fourth-order valence-corrected chi connectivity index (χ4v) is 2.69. The van der Waals surface area contributed by atoms with Crippen LogP contribution in [0.3, 0.4) is 0 Å². The van der Waals surface area contributed by atoms with Gasteiger partial charge in [0, 0.05) is 0 Å². The summed E-state index contributed by atoms with van der Waals surface area (Å²) in [5, 5.41) is 19.4. The Kier molecular flexibility index (Phi) is 15.4. The molecule has 2 atom stereocenters. The fraction of sp³-hybridized carbons (Fsp3) is 1.00. The normalized spacial score (nSPS) is 16.9. The van der Waals surface area contributed by atoms with Crippen molar-refractivity contribution in [2.75, 3.05) is 0 Å². The molecule has 0 amide bonds. The summed E-state index contributed by atoms with van der Waals surface area (Å²) in [6.45, 7) is 5.59. The molecule has 130 valence electrons. The summed E-state index contributed by atoms with van der Waals surface area (Å²) in [6, 6.07) is 0. The first kappa shape index (κ1) is 23.4. The SMILES string of the molecule is CCCCCCCCCCCCC(N)(C(C)O)C(C)O.Cl. The van der Waals surface area contributed by atoms with Gasteiger partial charge < -0.3 is 15.9 Å². The predicted octanol–water partition coefficient (Wildman–Crippen LogP) is 4.18. The van der Waals surface area contributed by atoms with E-state index in [1.54, 1.807) is 13.8 Å². The quantitative estimate of drug-likeness (QED) is 0.445. The van der Waals surface area contributed by atoms with Crippen LogP contribution in [0.15, 0.2) is 0 Å². The van der Waals surface area contributed by atoms with Gasteiger partial charge in [0.05, 0.1) is 17.7 Å². The number of halogens is 1. The zero-order valence-corrected chi connectivity index (χ0v) is 15.1. The lowest BCUT2D eigenvalue weighted by Crippen LogP contribution is -2.57. The highest BCUT2D eigenvalue weighted by Gasteiger charge is 2.35. The van der Waals surface area contributed by atoms with E-state index in [0.29, 0.717) is 6.42 Å². The molecule has 0 heterocycles. The van der Waals surface area contributed by atoms with Gasteiger partial charge in [0.2, 0.25) is 0 Å². The molecule has 0 saturated carbocycles. The molecule has 3 nitrogen and oxygen atoms in total. The highest BCUT2D eigenvalue weighted by Crippen LogP contribution is 2.21. The summed E-state index contributed by atoms with van der Waals surface area (Å²) in [7, 11) is 0. The van der Waals surface area contributed by atoms with E-state index in [1.807, 2.05) is 0 Å². The lowest BCUT2D eigenvalue weighted by molar-refractivity contribution is 0.00127. The largest absolute Gasteiger partial charge is 0.391 e. The van der Waals surface area contributed by atoms with Gasteiger partial charge in [-0.15, -0.1) is 12.4 Å². The Morgan fingerprint density at radius 3 is 1.43 bits per heavy atom. The highest BCUT2D eigenvalue weighted by molar-refractivity contribution is 5.85. The zero-order chi connectivity index (χ0) is 15.4. The van der Waals surface area contributed by atoms with Gasteiger partial charge in [-0.3, -0.25) is 0 Å². The molecule has 21 heavy (non-hydrogen) atoms. The van der Waals surface area contributed by atoms with E-state index in [0.717, 1.165) is 12.8 Å². The molecule has 0 saturated heterocycles. The molecular formula is C17H38ClNO2. The molecule has 0 radical (unpaired) electrons. The molecule has 4 heteroatoms. The summed E-state index contributed by atoms with van der Waals surface area (Å²) in [4.78, 5) is 0. The first-order valence-corrected chi connectivity index (χ1v) is 8.60. The fourth-order valence-electron chi connectivity index (χ4n) is 2.69. The third kappa shape index (κ3) is 10.5. The van der Waals surface area contributed by atoms with E-state index < -0.39 is 17.7 Å². The summed E-state index contributed by atoms with van der Waals surface area (Å²) < 4.78 is 0. The Bertz CT molecular complexity index is 215. The van der Waals surface area contributed by atoms with Crippen LogP contribution in [-0.4, -0.2) is 28.0 Å². The topological polar surface area (TPSA) is 66.5 Å². The second kappa shape index (κ2) is 13.8. The number of nitrogens with two attached hydrogens (primary N) is 1. The number of aliphatic hydroxyl groups excluding tert-OH is 2. The predicted molar refractivity (Wildman–Crippen MR) is 94.0 cm³/mol. The lowest BCUT2D eigenvalue weighted by atomic mass is 9.83. The van der Waals surface area contributed by atoms with Crippen LogP contribution in [0.5, 0.6) is 0 Å². The van der Waals surface area contributed by atoms with Crippen molar-refractivity contribution in [2.24, 2.45) is 5.73 Å². The Hall–Kier alpha value is 0.170. The monoisotopic (exact) mass is 323 g/mol. The number of aliphatic hydroxyl groups is 2. The Morgan fingerprint density at radius 1 is 0.762 bits per heavy atom. The minimum Gasteiger partial charge on any atom is -0.391 e. The van der Waals surface area contributed by atoms with Crippen LogP contribution in [0.25, 0.3) is 0 Å². The van der Waals surface area contributed by atoms with Crippen LogP contribution >= 0.6 is 12.4 Å². The van der Waals surface area contributed by atoms with Crippen molar-refractivity contribution in [2.45, 2.75) is 109 Å². The van der Waals surface area contributed by atoms with Gasteiger partial charge in [-0.25, -0.2) is 0 Å². The smallest absolute Gasteiger partial charge is 0.0716 e. The minimum absolute atomic E-state index is 0. The Morgan fingerprint density at radius 2 is 1.10 bits per heavy atom. The Balaban J connectivity index is 0. The van der Waals surface area contributed by atoms with Gasteiger partial charge in [0.25, 0.3) is 0 Å². The molecule has 0 aromatic carbocycles. The molecule has 0 rings (SSSR count). The average Bonchev–Trinajstić information content (AvgIpc) is 2.40. The summed E-state index contributed by atoms with van der Waals surface area (Å²) in [6.07, 6.45) is 12.2. The van der Waals surface area contributed by atoms with Crippen molar-refractivity contribution in [3.05, 3.63) is 0 Å². The average molecular weight is 324 g/mol. The second-order valence-corrected chi connectivity index (χ2v) is 6.40. The van der Waals surface area contributed by atoms with Crippen molar-refractivity contribution in [3.8, 4) is 0 Å². The van der Waals surface area contributed by atoms with Crippen molar-refractivity contribution in [3.63, 3.8) is 0 Å². The van der Waals surface area contributed by atoms with Crippen LogP contribution in [0.1, 0.15) is 91.4 Å². The van der Waals surface area contributed by atoms with E-state index >= 15 is 0 Å². The minimum atomic E-state index is -0.847. The van der Waals surface area contributed by atoms with E-state index in [2.05, 4.69) is 6.92 Å². The number of hydrogen-bond donors (Lipinski definition) is 3. The third-order valence-electron chi connectivity index (χ3n) is 4.52. The molecule has 0 aromatic rings. The summed E-state index contributed by atoms with van der Waals surface area (Å²) >= 11 is 0. The maximum Gasteiger partial charge on any atom is 0.0716 e. The van der Waals surface area contributed by atoms with E-state index in [-0.39, 0.29) is 12.4 Å². The highest BCUT2D eigenvalue weighted by atomic mass is 35.5. The molecule has 0 aliphatic rings. The van der Waals surface area contributed by atoms with Crippen LogP contribution in [0, 0.1) is 0 Å². The number of rotatable bonds is 13. The first-order chi connectivity index (χ1) is 9.45. The lowest BCUT2D eigenvalue weighted by Gasteiger charge is -2.35. The third-order valence-corrected chi connectivity index (χ3v) is 4.52. The summed E-state index contributed by atoms with van der Waals surface area (Å²) in [5.41, 5.74) is 5.25. The van der Waals surface area contributed by atoms with Crippen LogP contribution in [0.2, 0.25) is 0 Å².